The summed E-state index contributed by atoms with van der Waals surface area (Å²) in [7, 11) is 0. The van der Waals surface area contributed by atoms with Crippen molar-refractivity contribution in [2.75, 3.05) is 26.2 Å². The summed E-state index contributed by atoms with van der Waals surface area (Å²) >= 11 is 0. The number of aromatic nitrogens is 1. The van der Waals surface area contributed by atoms with Gasteiger partial charge in [-0.2, -0.15) is 0 Å². The van der Waals surface area contributed by atoms with Gasteiger partial charge in [-0.1, -0.05) is 67.8 Å². The molecule has 1 unspecified atom stereocenters. The summed E-state index contributed by atoms with van der Waals surface area (Å²) in [5.41, 5.74) is -0.268. The third-order valence-electron chi connectivity index (χ3n) is 9.22. The van der Waals surface area contributed by atoms with E-state index in [0.29, 0.717) is 11.8 Å². The van der Waals surface area contributed by atoms with E-state index < -0.39 is 5.60 Å². The zero-order chi connectivity index (χ0) is 24.4. The number of piperidine rings is 3. The van der Waals surface area contributed by atoms with Gasteiger partial charge in [0.1, 0.15) is 12.3 Å². The lowest BCUT2D eigenvalue weighted by Gasteiger charge is -2.52. The highest BCUT2D eigenvalue weighted by atomic mass is 79.9. The van der Waals surface area contributed by atoms with E-state index in [1.54, 1.807) is 0 Å². The topological polar surface area (TPSA) is 55.5 Å². The molecule has 4 heterocycles. The first-order chi connectivity index (χ1) is 17.6. The van der Waals surface area contributed by atoms with Crippen molar-refractivity contribution in [3.05, 3.63) is 84.1 Å². The first-order valence-corrected chi connectivity index (χ1v) is 13.9. The Hall–Kier alpha value is -2.15. The highest BCUT2D eigenvalue weighted by Gasteiger charge is 2.48. The predicted molar refractivity (Wildman–Crippen MR) is 139 cm³/mol. The largest absolute Gasteiger partial charge is 1.00 e. The van der Waals surface area contributed by atoms with Crippen LogP contribution in [-0.4, -0.2) is 40.8 Å². The number of halogens is 1. The van der Waals surface area contributed by atoms with Crippen LogP contribution in [0.1, 0.15) is 62.2 Å². The molecule has 2 atom stereocenters. The van der Waals surface area contributed by atoms with Crippen LogP contribution in [0.3, 0.4) is 0 Å². The molecule has 198 valence electrons. The van der Waals surface area contributed by atoms with Crippen LogP contribution in [0.25, 0.3) is 0 Å². The fraction of sp³-hybridized carbons (Fsp3) is 0.516. The Balaban J connectivity index is 0.00000280. The summed E-state index contributed by atoms with van der Waals surface area (Å²) in [5, 5.41) is 12.2. The highest BCUT2D eigenvalue weighted by molar-refractivity contribution is 5.30. The Labute approximate surface area is 231 Å². The minimum atomic E-state index is -1.17. The molecule has 2 bridgehead atoms. The lowest BCUT2D eigenvalue weighted by atomic mass is 9.73. The number of hydrogen-bond donors (Lipinski definition) is 1. The predicted octanol–water partition coefficient (Wildman–Crippen LogP) is 2.93. The van der Waals surface area contributed by atoms with Crippen molar-refractivity contribution in [2.45, 2.75) is 57.1 Å². The Bertz CT molecular complexity index is 1120. The van der Waals surface area contributed by atoms with Crippen molar-refractivity contribution in [3.8, 4) is 5.75 Å². The minimum Gasteiger partial charge on any atom is -1.00 e. The first kappa shape index (κ1) is 26.5. The number of rotatable bonds is 8. The molecular weight excluding hydrogens is 528 g/mol. The number of para-hydroxylation sites is 1. The van der Waals surface area contributed by atoms with Crippen LogP contribution in [0, 0.1) is 17.8 Å². The number of ether oxygens (including phenoxy) is 1. The van der Waals surface area contributed by atoms with Gasteiger partial charge in [0.2, 0.25) is 5.89 Å². The molecule has 4 fully saturated rings. The molecule has 1 N–H and O–H groups in total. The van der Waals surface area contributed by atoms with Crippen molar-refractivity contribution < 1.29 is 35.7 Å². The van der Waals surface area contributed by atoms with Gasteiger partial charge in [0.25, 0.3) is 0 Å². The highest BCUT2D eigenvalue weighted by Crippen LogP contribution is 2.44. The molecule has 3 aliphatic heterocycles. The number of oxazole rings is 1. The van der Waals surface area contributed by atoms with Gasteiger partial charge in [0.15, 0.2) is 11.4 Å². The van der Waals surface area contributed by atoms with E-state index in [1.807, 2.05) is 66.9 Å². The average Bonchev–Trinajstić information content (AvgIpc) is 3.42. The van der Waals surface area contributed by atoms with Crippen molar-refractivity contribution in [1.29, 1.82) is 0 Å². The molecule has 0 spiro atoms. The Morgan fingerprint density at radius 2 is 1.59 bits per heavy atom. The smallest absolute Gasteiger partial charge is 0.231 e. The lowest BCUT2D eigenvalue weighted by Crippen LogP contribution is -3.00. The molecular formula is C31H39BrN2O3. The third kappa shape index (κ3) is 5.39. The van der Waals surface area contributed by atoms with Crippen molar-refractivity contribution in [2.24, 2.45) is 17.8 Å². The maximum absolute atomic E-state index is 12.2. The summed E-state index contributed by atoms with van der Waals surface area (Å²) in [6, 6.07) is 20.2. The summed E-state index contributed by atoms with van der Waals surface area (Å²) in [4.78, 5) is 4.73. The van der Waals surface area contributed by atoms with Gasteiger partial charge >= 0.3 is 0 Å². The van der Waals surface area contributed by atoms with Crippen molar-refractivity contribution in [3.63, 3.8) is 0 Å². The van der Waals surface area contributed by atoms with Gasteiger partial charge in [-0.3, -0.25) is 0 Å². The number of aliphatic hydroxyl groups is 1. The van der Waals surface area contributed by atoms with Crippen LogP contribution < -0.4 is 21.7 Å². The van der Waals surface area contributed by atoms with Gasteiger partial charge < -0.3 is 35.7 Å². The molecule has 0 radical (unpaired) electrons. The first-order valence-electron chi connectivity index (χ1n) is 13.9. The van der Waals surface area contributed by atoms with E-state index >= 15 is 0 Å². The third-order valence-corrected chi connectivity index (χ3v) is 9.22. The second-order valence-electron chi connectivity index (χ2n) is 11.5. The average molecular weight is 568 g/mol. The molecule has 1 saturated carbocycles. The Kier molecular flexibility index (Phi) is 8.08. The monoisotopic (exact) mass is 566 g/mol. The number of quaternary nitrogens is 1. The van der Waals surface area contributed by atoms with Crippen LogP contribution in [-0.2, 0) is 12.1 Å². The molecule has 1 aromatic heterocycles. The van der Waals surface area contributed by atoms with Crippen molar-refractivity contribution in [1.82, 2.24) is 4.98 Å². The molecule has 5 nitrogen and oxygen atoms in total. The standard InChI is InChI=1S/C31H39N2O3.BrH/c34-31(26-10-4-1-5-11-26,27-12-6-2-7-13-27)30-32-20-29(36-30)22-33-18-16-24(17-19-33)25(21-33)23-35-28-14-8-3-9-15-28;/h1,3-5,8-11,14-15,20,24-25,27,34H,2,6-7,12-13,16-19,21-23H2;1H/q+1;/p-1/t24?,25?,31-,33?;/m0./s1. The van der Waals surface area contributed by atoms with Crippen molar-refractivity contribution >= 4 is 0 Å². The summed E-state index contributed by atoms with van der Waals surface area (Å²) in [6.07, 6.45) is 9.95. The van der Waals surface area contributed by atoms with Crippen LogP contribution in [0.2, 0.25) is 0 Å². The fourth-order valence-corrected chi connectivity index (χ4v) is 7.20. The van der Waals surface area contributed by atoms with E-state index in [1.165, 1.54) is 32.4 Å². The molecule has 4 aliphatic rings. The normalized spacial score (nSPS) is 27.3. The number of fused-ring (bicyclic) bond motifs is 3. The Morgan fingerprint density at radius 3 is 2.30 bits per heavy atom. The van der Waals surface area contributed by atoms with Crippen LogP contribution in [0.4, 0.5) is 0 Å². The molecule has 1 aliphatic carbocycles. The van der Waals surface area contributed by atoms with E-state index in [4.69, 9.17) is 14.1 Å². The van der Waals surface area contributed by atoms with Gasteiger partial charge in [-0.05, 0) is 36.5 Å². The summed E-state index contributed by atoms with van der Waals surface area (Å²) in [6.45, 7) is 5.13. The molecule has 3 aromatic rings. The van der Waals surface area contributed by atoms with Crippen LogP contribution >= 0.6 is 0 Å². The van der Waals surface area contributed by atoms with E-state index in [0.717, 1.165) is 72.9 Å². The second kappa shape index (κ2) is 11.3. The molecule has 2 aromatic carbocycles. The molecule has 3 saturated heterocycles. The second-order valence-corrected chi connectivity index (χ2v) is 11.5. The van der Waals surface area contributed by atoms with Gasteiger partial charge in [0.05, 0.1) is 32.4 Å². The lowest BCUT2D eigenvalue weighted by molar-refractivity contribution is -0.960. The number of benzene rings is 2. The SMILES string of the molecule is O[C@](c1ccccc1)(c1ncc(C[N+]23CCC(CC2)C(COc2ccccc2)C3)o1)C1CCCCC1.[Br-]. The maximum Gasteiger partial charge on any atom is 0.231 e. The van der Waals surface area contributed by atoms with Gasteiger partial charge in [0, 0.05) is 24.7 Å². The number of nitrogens with zero attached hydrogens (tertiary/aromatic N) is 2. The quantitative estimate of drug-likeness (QED) is 0.426. The minimum absolute atomic E-state index is 0. The molecule has 37 heavy (non-hydrogen) atoms. The molecule has 0 amide bonds. The van der Waals surface area contributed by atoms with E-state index in [-0.39, 0.29) is 22.9 Å². The zero-order valence-electron chi connectivity index (χ0n) is 21.6. The molecule has 6 heteroatoms. The van der Waals surface area contributed by atoms with E-state index in [2.05, 4.69) is 0 Å². The van der Waals surface area contributed by atoms with Gasteiger partial charge in [-0.25, -0.2) is 4.98 Å². The summed E-state index contributed by atoms with van der Waals surface area (Å²) in [5.74, 6) is 3.80. The fourth-order valence-electron chi connectivity index (χ4n) is 7.20. The zero-order valence-corrected chi connectivity index (χ0v) is 23.2. The van der Waals surface area contributed by atoms with E-state index in [9.17, 15) is 5.11 Å². The number of hydrogen-bond acceptors (Lipinski definition) is 4. The van der Waals surface area contributed by atoms with Crippen LogP contribution in [0.15, 0.2) is 71.3 Å². The van der Waals surface area contributed by atoms with Crippen LogP contribution in [0.5, 0.6) is 5.75 Å². The maximum atomic E-state index is 12.2. The van der Waals surface area contributed by atoms with Gasteiger partial charge in [-0.15, -0.1) is 0 Å². The molecule has 7 rings (SSSR count). The Morgan fingerprint density at radius 1 is 0.919 bits per heavy atom. The summed E-state index contributed by atoms with van der Waals surface area (Å²) < 4.78 is 13.7.